The largest absolute Gasteiger partial charge is 0.339 e. The zero-order valence-corrected chi connectivity index (χ0v) is 14.4. The first kappa shape index (κ1) is 16.9. The highest BCUT2D eigenvalue weighted by molar-refractivity contribution is 7.99. The molecule has 0 bridgehead atoms. The molecule has 1 aliphatic rings. The minimum atomic E-state index is 0.0599. The summed E-state index contributed by atoms with van der Waals surface area (Å²) in [5, 5.41) is 0.533. The number of thioether (sulfide) groups is 1. The number of hydrogen-bond acceptors (Lipinski definition) is 3. The van der Waals surface area contributed by atoms with Crippen LogP contribution in [0.1, 0.15) is 37.6 Å². The third kappa shape index (κ3) is 4.26. The lowest BCUT2D eigenvalue weighted by Crippen LogP contribution is -2.50. The van der Waals surface area contributed by atoms with Crippen molar-refractivity contribution in [2.75, 3.05) is 26.2 Å². The van der Waals surface area contributed by atoms with Crippen molar-refractivity contribution < 1.29 is 9.59 Å². The molecule has 1 aliphatic heterocycles. The number of amides is 2. The summed E-state index contributed by atoms with van der Waals surface area (Å²) in [7, 11) is 0. The highest BCUT2D eigenvalue weighted by Gasteiger charge is 2.23. The van der Waals surface area contributed by atoms with Gasteiger partial charge in [-0.05, 0) is 24.3 Å². The van der Waals surface area contributed by atoms with E-state index in [9.17, 15) is 9.59 Å². The molecule has 1 aromatic carbocycles. The second-order valence-electron chi connectivity index (χ2n) is 5.72. The van der Waals surface area contributed by atoms with Crippen molar-refractivity contribution in [3.63, 3.8) is 0 Å². The van der Waals surface area contributed by atoms with Crippen LogP contribution in [0.4, 0.5) is 0 Å². The molecule has 5 heteroatoms. The van der Waals surface area contributed by atoms with Crippen LogP contribution in [0, 0.1) is 0 Å². The second-order valence-corrected chi connectivity index (χ2v) is 7.37. The van der Waals surface area contributed by atoms with Gasteiger partial charge < -0.3 is 9.80 Å². The molecule has 2 rings (SSSR count). The molecule has 1 aromatic rings. The van der Waals surface area contributed by atoms with E-state index < -0.39 is 0 Å². The van der Waals surface area contributed by atoms with E-state index in [0.29, 0.717) is 37.8 Å². The molecule has 0 aromatic heterocycles. The van der Waals surface area contributed by atoms with E-state index in [1.807, 2.05) is 41.0 Å². The molecule has 0 radical (unpaired) electrons. The molecule has 0 unspecified atom stereocenters. The third-order valence-electron chi connectivity index (χ3n) is 3.70. The molecule has 1 fully saturated rings. The van der Waals surface area contributed by atoms with E-state index in [2.05, 4.69) is 13.8 Å². The lowest BCUT2D eigenvalue weighted by molar-refractivity contribution is -0.132. The number of carbonyl (C=O) groups is 2. The minimum Gasteiger partial charge on any atom is -0.339 e. The molecule has 120 valence electrons. The summed E-state index contributed by atoms with van der Waals surface area (Å²) < 4.78 is 0. The van der Waals surface area contributed by atoms with E-state index in [1.54, 1.807) is 11.8 Å². The molecule has 0 saturated carbocycles. The Morgan fingerprint density at radius 1 is 1.05 bits per heavy atom. The normalized spacial score (nSPS) is 15.3. The lowest BCUT2D eigenvalue weighted by atomic mass is 10.2. The number of nitrogens with zero attached hydrogens (tertiary/aromatic N) is 2. The molecule has 0 atom stereocenters. The van der Waals surface area contributed by atoms with Gasteiger partial charge in [-0.2, -0.15) is 0 Å². The van der Waals surface area contributed by atoms with Gasteiger partial charge in [0, 0.05) is 48.3 Å². The Morgan fingerprint density at radius 2 is 1.59 bits per heavy atom. The van der Waals surface area contributed by atoms with Gasteiger partial charge in [0.1, 0.15) is 0 Å². The van der Waals surface area contributed by atoms with Gasteiger partial charge in [-0.1, -0.05) is 20.8 Å². The van der Waals surface area contributed by atoms with Gasteiger partial charge in [0.2, 0.25) is 5.91 Å². The smallest absolute Gasteiger partial charge is 0.253 e. The number of benzene rings is 1. The molecule has 22 heavy (non-hydrogen) atoms. The summed E-state index contributed by atoms with van der Waals surface area (Å²) >= 11 is 1.79. The van der Waals surface area contributed by atoms with Gasteiger partial charge in [0.15, 0.2) is 0 Å². The van der Waals surface area contributed by atoms with Gasteiger partial charge in [0.05, 0.1) is 0 Å². The van der Waals surface area contributed by atoms with E-state index in [-0.39, 0.29) is 11.8 Å². The van der Waals surface area contributed by atoms with Crippen molar-refractivity contribution >= 4 is 23.6 Å². The first-order valence-electron chi connectivity index (χ1n) is 7.85. The summed E-state index contributed by atoms with van der Waals surface area (Å²) in [5.74, 6) is 0.229. The zero-order valence-electron chi connectivity index (χ0n) is 13.5. The molecule has 1 saturated heterocycles. The van der Waals surface area contributed by atoms with Gasteiger partial charge in [0.25, 0.3) is 5.91 Å². The SMILES string of the molecule is CCC(=O)N1CCN(C(=O)c2ccc(SC(C)C)cc2)CC1. The molecule has 0 aliphatic carbocycles. The van der Waals surface area contributed by atoms with Gasteiger partial charge in [-0.3, -0.25) is 9.59 Å². The average molecular weight is 320 g/mol. The van der Waals surface area contributed by atoms with Crippen LogP contribution in [0.25, 0.3) is 0 Å². The molecule has 1 heterocycles. The first-order chi connectivity index (χ1) is 10.5. The van der Waals surface area contributed by atoms with E-state index >= 15 is 0 Å². The molecular weight excluding hydrogens is 296 g/mol. The van der Waals surface area contributed by atoms with Crippen LogP contribution in [0.5, 0.6) is 0 Å². The van der Waals surface area contributed by atoms with Crippen LogP contribution in [0.3, 0.4) is 0 Å². The Labute approximate surface area is 136 Å². The van der Waals surface area contributed by atoms with E-state index in [1.165, 1.54) is 4.90 Å². The summed E-state index contributed by atoms with van der Waals surface area (Å²) in [5.41, 5.74) is 0.725. The fourth-order valence-corrected chi connectivity index (χ4v) is 3.35. The van der Waals surface area contributed by atoms with Crippen molar-refractivity contribution in [1.82, 2.24) is 9.80 Å². The molecular formula is C17H24N2O2S. The van der Waals surface area contributed by atoms with Crippen molar-refractivity contribution in [2.24, 2.45) is 0 Å². The summed E-state index contributed by atoms with van der Waals surface area (Å²) in [6, 6.07) is 7.82. The van der Waals surface area contributed by atoms with Crippen LogP contribution in [-0.4, -0.2) is 53.0 Å². The van der Waals surface area contributed by atoms with Crippen molar-refractivity contribution in [3.8, 4) is 0 Å². The van der Waals surface area contributed by atoms with Crippen LogP contribution in [0.15, 0.2) is 29.2 Å². The van der Waals surface area contributed by atoms with Gasteiger partial charge in [-0.25, -0.2) is 0 Å². The fraction of sp³-hybridized carbons (Fsp3) is 0.529. The molecule has 0 N–H and O–H groups in total. The Kier molecular flexibility index (Phi) is 5.89. The number of hydrogen-bond donors (Lipinski definition) is 0. The van der Waals surface area contributed by atoms with Crippen molar-refractivity contribution in [2.45, 2.75) is 37.3 Å². The molecule has 2 amide bonds. The van der Waals surface area contributed by atoms with Crippen molar-refractivity contribution in [1.29, 1.82) is 0 Å². The standard InChI is InChI=1S/C17H24N2O2S/c1-4-16(20)18-9-11-19(12-10-18)17(21)14-5-7-15(8-6-14)22-13(2)3/h5-8,13H,4,9-12H2,1-3H3. The minimum absolute atomic E-state index is 0.0599. The summed E-state index contributed by atoms with van der Waals surface area (Å²) in [6.45, 7) is 8.69. The number of carbonyl (C=O) groups excluding carboxylic acids is 2. The summed E-state index contributed by atoms with van der Waals surface area (Å²) in [4.78, 5) is 29.0. The van der Waals surface area contributed by atoms with E-state index in [0.717, 1.165) is 5.56 Å². The maximum atomic E-state index is 12.5. The first-order valence-corrected chi connectivity index (χ1v) is 8.73. The highest BCUT2D eigenvalue weighted by Crippen LogP contribution is 2.23. The van der Waals surface area contributed by atoms with Crippen LogP contribution >= 0.6 is 11.8 Å². The molecule has 0 spiro atoms. The number of rotatable bonds is 4. The zero-order chi connectivity index (χ0) is 16.1. The van der Waals surface area contributed by atoms with Crippen LogP contribution in [-0.2, 0) is 4.79 Å². The topological polar surface area (TPSA) is 40.6 Å². The predicted octanol–water partition coefficient (Wildman–Crippen LogP) is 2.88. The Hall–Kier alpha value is -1.49. The Morgan fingerprint density at radius 3 is 2.09 bits per heavy atom. The molecule has 4 nitrogen and oxygen atoms in total. The maximum absolute atomic E-state index is 12.5. The monoisotopic (exact) mass is 320 g/mol. The number of piperazine rings is 1. The highest BCUT2D eigenvalue weighted by atomic mass is 32.2. The van der Waals surface area contributed by atoms with Gasteiger partial charge in [-0.15, -0.1) is 11.8 Å². The average Bonchev–Trinajstić information content (AvgIpc) is 2.54. The lowest BCUT2D eigenvalue weighted by Gasteiger charge is -2.34. The quantitative estimate of drug-likeness (QED) is 0.801. The summed E-state index contributed by atoms with van der Waals surface area (Å²) in [6.07, 6.45) is 0.531. The van der Waals surface area contributed by atoms with Crippen LogP contribution < -0.4 is 0 Å². The predicted molar refractivity (Wildman–Crippen MR) is 90.2 cm³/mol. The van der Waals surface area contributed by atoms with E-state index in [4.69, 9.17) is 0 Å². The van der Waals surface area contributed by atoms with Gasteiger partial charge >= 0.3 is 0 Å². The third-order valence-corrected chi connectivity index (χ3v) is 4.71. The van der Waals surface area contributed by atoms with Crippen LogP contribution in [0.2, 0.25) is 0 Å². The van der Waals surface area contributed by atoms with Crippen molar-refractivity contribution in [3.05, 3.63) is 29.8 Å². The second kappa shape index (κ2) is 7.68. The fourth-order valence-electron chi connectivity index (χ4n) is 2.51. The Balaban J connectivity index is 1.93. The Bertz CT molecular complexity index is 520. The maximum Gasteiger partial charge on any atom is 0.253 e.